The number of hydrogen-bond donors (Lipinski definition) is 0. The zero-order valence-corrected chi connectivity index (χ0v) is 11.1. The molecule has 94 valence electrons. The van der Waals surface area contributed by atoms with Gasteiger partial charge in [0.05, 0.1) is 11.4 Å². The van der Waals surface area contributed by atoms with Crippen LogP contribution in [-0.4, -0.2) is 27.5 Å². The third-order valence-electron chi connectivity index (χ3n) is 4.22. The molecule has 2 aliphatic heterocycles. The highest BCUT2D eigenvalue weighted by Gasteiger charge is 2.27. The fraction of sp³-hybridized carbons (Fsp3) is 0.786. The van der Waals surface area contributed by atoms with Crippen molar-refractivity contribution in [2.45, 2.75) is 58.5 Å². The first-order valence-electron chi connectivity index (χ1n) is 7.10. The average Bonchev–Trinajstić information content (AvgIpc) is 2.70. The molecule has 17 heavy (non-hydrogen) atoms. The van der Waals surface area contributed by atoms with Crippen LogP contribution in [0.15, 0.2) is 0 Å². The fourth-order valence-electron chi connectivity index (χ4n) is 3.31. The van der Waals surface area contributed by atoms with Gasteiger partial charge in [0.1, 0.15) is 5.82 Å². The molecule has 1 unspecified atom stereocenters. The Morgan fingerprint density at radius 3 is 3.06 bits per heavy atom. The summed E-state index contributed by atoms with van der Waals surface area (Å²) in [5.41, 5.74) is 2.91. The van der Waals surface area contributed by atoms with Crippen molar-refractivity contribution in [3.8, 4) is 0 Å². The maximum Gasteiger partial charge on any atom is 0.112 e. The van der Waals surface area contributed by atoms with E-state index in [0.717, 1.165) is 13.0 Å². The van der Waals surface area contributed by atoms with Crippen LogP contribution >= 0.6 is 0 Å². The highest BCUT2D eigenvalue weighted by atomic mass is 15.2. The number of rotatable bonds is 2. The second-order valence-electron chi connectivity index (χ2n) is 5.58. The largest absolute Gasteiger partial charge is 0.330 e. The molecule has 0 saturated carbocycles. The first kappa shape index (κ1) is 11.3. The van der Waals surface area contributed by atoms with E-state index in [1.54, 1.807) is 0 Å². The third kappa shape index (κ3) is 1.90. The van der Waals surface area contributed by atoms with Gasteiger partial charge in [0.25, 0.3) is 0 Å². The Kier molecular flexibility index (Phi) is 2.95. The van der Waals surface area contributed by atoms with E-state index in [1.807, 2.05) is 0 Å². The molecule has 0 fully saturated rings. The van der Waals surface area contributed by atoms with Crippen LogP contribution in [0.5, 0.6) is 0 Å². The summed E-state index contributed by atoms with van der Waals surface area (Å²) in [5, 5.41) is 0. The van der Waals surface area contributed by atoms with Gasteiger partial charge in [-0.1, -0.05) is 13.8 Å². The van der Waals surface area contributed by atoms with Crippen LogP contribution in [-0.2, 0) is 19.5 Å². The Morgan fingerprint density at radius 1 is 1.35 bits per heavy atom. The molecule has 0 saturated heterocycles. The maximum atomic E-state index is 4.90. The monoisotopic (exact) mass is 233 g/mol. The Balaban J connectivity index is 1.91. The predicted molar refractivity (Wildman–Crippen MR) is 69.1 cm³/mol. The summed E-state index contributed by atoms with van der Waals surface area (Å²) in [7, 11) is 0. The summed E-state index contributed by atoms with van der Waals surface area (Å²) in [4.78, 5) is 7.48. The fourth-order valence-corrected chi connectivity index (χ4v) is 3.31. The molecular formula is C14H23N3. The minimum atomic E-state index is 0.661. The van der Waals surface area contributed by atoms with Gasteiger partial charge >= 0.3 is 0 Å². The molecule has 3 nitrogen and oxygen atoms in total. The Labute approximate surface area is 104 Å². The maximum absolute atomic E-state index is 4.90. The van der Waals surface area contributed by atoms with Crippen molar-refractivity contribution < 1.29 is 0 Å². The van der Waals surface area contributed by atoms with E-state index in [1.165, 1.54) is 56.1 Å². The van der Waals surface area contributed by atoms with Gasteiger partial charge in [-0.3, -0.25) is 4.90 Å². The van der Waals surface area contributed by atoms with Gasteiger partial charge < -0.3 is 4.57 Å². The van der Waals surface area contributed by atoms with Crippen LogP contribution in [0.3, 0.4) is 0 Å². The summed E-state index contributed by atoms with van der Waals surface area (Å²) < 4.78 is 2.52. The first-order chi connectivity index (χ1) is 8.29. The standard InChI is InChI=1S/C14H23N3/c1-3-7-16-9-6-12-13(10-16)17-8-4-5-11(2)14(17)15-12/h11H,3-10H2,1-2H3. The van der Waals surface area contributed by atoms with Crippen molar-refractivity contribution in [1.82, 2.24) is 14.5 Å². The normalized spacial score (nSPS) is 24.5. The molecule has 0 radical (unpaired) electrons. The molecule has 1 aromatic rings. The van der Waals surface area contributed by atoms with E-state index in [0.29, 0.717) is 5.92 Å². The van der Waals surface area contributed by atoms with Gasteiger partial charge in [-0.2, -0.15) is 0 Å². The molecule has 0 spiro atoms. The van der Waals surface area contributed by atoms with Crippen molar-refractivity contribution in [3.63, 3.8) is 0 Å². The van der Waals surface area contributed by atoms with E-state index in [-0.39, 0.29) is 0 Å². The van der Waals surface area contributed by atoms with E-state index in [2.05, 4.69) is 23.3 Å². The van der Waals surface area contributed by atoms with Crippen LogP contribution in [0.4, 0.5) is 0 Å². The van der Waals surface area contributed by atoms with Crippen molar-refractivity contribution in [2.24, 2.45) is 0 Å². The third-order valence-corrected chi connectivity index (χ3v) is 4.22. The molecule has 1 aromatic heterocycles. The second-order valence-corrected chi connectivity index (χ2v) is 5.58. The topological polar surface area (TPSA) is 21.1 Å². The van der Waals surface area contributed by atoms with Crippen LogP contribution in [0.1, 0.15) is 56.2 Å². The van der Waals surface area contributed by atoms with Gasteiger partial charge in [0.15, 0.2) is 0 Å². The molecule has 0 aliphatic carbocycles. The van der Waals surface area contributed by atoms with Gasteiger partial charge in [-0.15, -0.1) is 0 Å². The Bertz CT molecular complexity index is 408. The van der Waals surface area contributed by atoms with Crippen LogP contribution in [0.25, 0.3) is 0 Å². The van der Waals surface area contributed by atoms with Gasteiger partial charge in [0, 0.05) is 32.0 Å². The smallest absolute Gasteiger partial charge is 0.112 e. The summed E-state index contributed by atoms with van der Waals surface area (Å²) in [6.45, 7) is 9.35. The summed E-state index contributed by atoms with van der Waals surface area (Å²) in [5.74, 6) is 2.02. The SMILES string of the molecule is CCCN1CCc2nc3n(c2C1)CCCC3C. The summed E-state index contributed by atoms with van der Waals surface area (Å²) >= 11 is 0. The lowest BCUT2D eigenvalue weighted by Gasteiger charge is -2.28. The Morgan fingerprint density at radius 2 is 2.24 bits per heavy atom. The molecule has 1 atom stereocenters. The molecule has 3 heterocycles. The Hall–Kier alpha value is -0.830. The van der Waals surface area contributed by atoms with E-state index < -0.39 is 0 Å². The van der Waals surface area contributed by atoms with Crippen LogP contribution in [0.2, 0.25) is 0 Å². The minimum Gasteiger partial charge on any atom is -0.330 e. The zero-order chi connectivity index (χ0) is 11.8. The molecule has 0 bridgehead atoms. The highest BCUT2D eigenvalue weighted by Crippen LogP contribution is 2.30. The van der Waals surface area contributed by atoms with E-state index in [4.69, 9.17) is 4.98 Å². The van der Waals surface area contributed by atoms with E-state index in [9.17, 15) is 0 Å². The predicted octanol–water partition coefficient (Wildman–Crippen LogP) is 2.55. The van der Waals surface area contributed by atoms with Gasteiger partial charge in [0.2, 0.25) is 0 Å². The van der Waals surface area contributed by atoms with Crippen LogP contribution < -0.4 is 0 Å². The van der Waals surface area contributed by atoms with Crippen molar-refractivity contribution in [2.75, 3.05) is 13.1 Å². The lowest BCUT2D eigenvalue weighted by Crippen LogP contribution is -2.32. The minimum absolute atomic E-state index is 0.661. The van der Waals surface area contributed by atoms with Crippen molar-refractivity contribution in [3.05, 3.63) is 17.2 Å². The molecule has 0 N–H and O–H groups in total. The molecule has 3 rings (SSSR count). The average molecular weight is 233 g/mol. The molecule has 3 heteroatoms. The lowest BCUT2D eigenvalue weighted by molar-refractivity contribution is 0.244. The lowest BCUT2D eigenvalue weighted by atomic mass is 10.0. The highest BCUT2D eigenvalue weighted by molar-refractivity contribution is 5.23. The zero-order valence-electron chi connectivity index (χ0n) is 11.1. The van der Waals surface area contributed by atoms with E-state index >= 15 is 0 Å². The molecular weight excluding hydrogens is 210 g/mol. The summed E-state index contributed by atoms with van der Waals surface area (Å²) in [6, 6.07) is 0. The number of hydrogen-bond acceptors (Lipinski definition) is 2. The van der Waals surface area contributed by atoms with Crippen molar-refractivity contribution in [1.29, 1.82) is 0 Å². The molecule has 0 aromatic carbocycles. The molecule has 2 aliphatic rings. The summed E-state index contributed by atoms with van der Waals surface area (Å²) in [6.07, 6.45) is 5.05. The first-order valence-corrected chi connectivity index (χ1v) is 7.10. The van der Waals surface area contributed by atoms with Gasteiger partial charge in [-0.05, 0) is 25.8 Å². The van der Waals surface area contributed by atoms with Crippen molar-refractivity contribution >= 4 is 0 Å². The quantitative estimate of drug-likeness (QED) is 0.782. The number of aromatic nitrogens is 2. The second kappa shape index (κ2) is 4.45. The number of nitrogens with zero attached hydrogens (tertiary/aromatic N) is 3. The number of imidazole rings is 1. The van der Waals surface area contributed by atoms with Crippen LogP contribution in [0, 0.1) is 0 Å². The van der Waals surface area contributed by atoms with Gasteiger partial charge in [-0.25, -0.2) is 4.98 Å². The number of fused-ring (bicyclic) bond motifs is 3. The molecule has 0 amide bonds.